The average molecular weight is 152 g/mol. The maximum atomic E-state index is 8.57. The van der Waals surface area contributed by atoms with Gasteiger partial charge in [-0.25, -0.2) is 0 Å². The molecule has 0 amide bonds. The Labute approximate surface area is 63.9 Å². The Morgan fingerprint density at radius 2 is 2.60 bits per heavy atom. The number of hydrogen-bond donors (Lipinski definition) is 1. The first-order chi connectivity index (χ1) is 4.88. The summed E-state index contributed by atoms with van der Waals surface area (Å²) in [6.45, 7) is 0.414. The van der Waals surface area contributed by atoms with Crippen molar-refractivity contribution in [1.82, 2.24) is 0 Å². The molecule has 0 aliphatic carbocycles. The minimum absolute atomic E-state index is 0.111. The van der Waals surface area contributed by atoms with Crippen molar-refractivity contribution in [2.75, 3.05) is 6.54 Å². The van der Waals surface area contributed by atoms with Gasteiger partial charge < -0.3 is 5.73 Å². The van der Waals surface area contributed by atoms with E-state index in [9.17, 15) is 0 Å². The Bertz CT molecular complexity index is 222. The van der Waals surface area contributed by atoms with E-state index >= 15 is 0 Å². The van der Waals surface area contributed by atoms with Crippen molar-refractivity contribution in [2.45, 2.75) is 5.92 Å². The summed E-state index contributed by atoms with van der Waals surface area (Å²) in [5, 5.41) is 10.5. The molecular formula is C7H8N2S. The second kappa shape index (κ2) is 3.35. The Balaban J connectivity index is 2.76. The summed E-state index contributed by atoms with van der Waals surface area (Å²) in [6, 6.07) is 6.01. The largest absolute Gasteiger partial charge is 0.329 e. The summed E-state index contributed by atoms with van der Waals surface area (Å²) in [7, 11) is 0. The first-order valence-corrected chi connectivity index (χ1v) is 3.89. The predicted molar refractivity (Wildman–Crippen MR) is 41.7 cm³/mol. The van der Waals surface area contributed by atoms with Gasteiger partial charge in [0.1, 0.15) is 0 Å². The van der Waals surface area contributed by atoms with Crippen LogP contribution in [-0.4, -0.2) is 6.54 Å². The van der Waals surface area contributed by atoms with Crippen LogP contribution in [0.15, 0.2) is 17.5 Å². The molecule has 1 unspecified atom stereocenters. The van der Waals surface area contributed by atoms with Gasteiger partial charge in [-0.05, 0) is 11.4 Å². The molecule has 2 nitrogen and oxygen atoms in total. The zero-order valence-corrected chi connectivity index (χ0v) is 6.27. The summed E-state index contributed by atoms with van der Waals surface area (Å²) in [4.78, 5) is 1.06. The molecule has 0 aromatic carbocycles. The molecule has 52 valence electrons. The lowest BCUT2D eigenvalue weighted by atomic mass is 10.1. The molecule has 10 heavy (non-hydrogen) atoms. The normalized spacial score (nSPS) is 12.4. The van der Waals surface area contributed by atoms with Gasteiger partial charge in [0.15, 0.2) is 0 Å². The first kappa shape index (κ1) is 7.26. The van der Waals surface area contributed by atoms with Crippen molar-refractivity contribution >= 4 is 11.3 Å². The molecule has 2 N–H and O–H groups in total. The van der Waals surface area contributed by atoms with Crippen molar-refractivity contribution < 1.29 is 0 Å². The van der Waals surface area contributed by atoms with Crippen LogP contribution >= 0.6 is 11.3 Å². The highest BCUT2D eigenvalue weighted by Crippen LogP contribution is 2.18. The molecule has 0 spiro atoms. The van der Waals surface area contributed by atoms with Gasteiger partial charge in [-0.15, -0.1) is 11.3 Å². The second-order valence-corrected chi connectivity index (χ2v) is 2.91. The van der Waals surface area contributed by atoms with Crippen LogP contribution in [0.5, 0.6) is 0 Å². The third-order valence-corrected chi connectivity index (χ3v) is 2.26. The zero-order chi connectivity index (χ0) is 7.40. The van der Waals surface area contributed by atoms with E-state index in [1.807, 2.05) is 17.5 Å². The molecule has 3 heteroatoms. The molecule has 1 rings (SSSR count). The van der Waals surface area contributed by atoms with E-state index in [4.69, 9.17) is 11.0 Å². The second-order valence-electron chi connectivity index (χ2n) is 1.93. The quantitative estimate of drug-likeness (QED) is 0.694. The van der Waals surface area contributed by atoms with Crippen LogP contribution in [0.3, 0.4) is 0 Å². The number of nitriles is 1. The molecule has 0 bridgehead atoms. The number of thiophene rings is 1. The van der Waals surface area contributed by atoms with Crippen LogP contribution < -0.4 is 5.73 Å². The van der Waals surface area contributed by atoms with Crippen molar-refractivity contribution in [2.24, 2.45) is 5.73 Å². The van der Waals surface area contributed by atoms with Crippen LogP contribution in [0.1, 0.15) is 10.8 Å². The third kappa shape index (κ3) is 1.35. The molecule has 0 fully saturated rings. The van der Waals surface area contributed by atoms with Crippen LogP contribution in [0.4, 0.5) is 0 Å². The van der Waals surface area contributed by atoms with Crippen LogP contribution in [-0.2, 0) is 0 Å². The molecule has 0 aliphatic rings. The van der Waals surface area contributed by atoms with Gasteiger partial charge in [0, 0.05) is 11.4 Å². The molecule has 1 aromatic rings. The van der Waals surface area contributed by atoms with Crippen molar-refractivity contribution in [3.05, 3.63) is 22.4 Å². The van der Waals surface area contributed by atoms with E-state index in [2.05, 4.69) is 6.07 Å². The number of rotatable bonds is 2. The third-order valence-electron chi connectivity index (χ3n) is 1.28. The fourth-order valence-corrected chi connectivity index (χ4v) is 1.51. The molecule has 0 radical (unpaired) electrons. The lowest BCUT2D eigenvalue weighted by molar-refractivity contribution is 0.880. The van der Waals surface area contributed by atoms with Crippen molar-refractivity contribution in [3.8, 4) is 6.07 Å². The maximum absolute atomic E-state index is 8.57. The Morgan fingerprint density at radius 1 is 1.80 bits per heavy atom. The predicted octanol–water partition coefficient (Wildman–Crippen LogP) is 1.31. The van der Waals surface area contributed by atoms with Crippen LogP contribution in [0.2, 0.25) is 0 Å². The van der Waals surface area contributed by atoms with Gasteiger partial charge in [0.25, 0.3) is 0 Å². The first-order valence-electron chi connectivity index (χ1n) is 3.01. The van der Waals surface area contributed by atoms with E-state index in [0.29, 0.717) is 6.54 Å². The number of nitrogens with two attached hydrogens (primary N) is 1. The number of nitrogens with zero attached hydrogens (tertiary/aromatic N) is 1. The summed E-state index contributed by atoms with van der Waals surface area (Å²) >= 11 is 1.58. The zero-order valence-electron chi connectivity index (χ0n) is 5.45. The monoisotopic (exact) mass is 152 g/mol. The Morgan fingerprint density at radius 3 is 3.00 bits per heavy atom. The van der Waals surface area contributed by atoms with Gasteiger partial charge in [0.05, 0.1) is 12.0 Å². The van der Waals surface area contributed by atoms with E-state index in [-0.39, 0.29) is 5.92 Å². The maximum Gasteiger partial charge on any atom is 0.0927 e. The molecule has 1 atom stereocenters. The van der Waals surface area contributed by atoms with Gasteiger partial charge >= 0.3 is 0 Å². The van der Waals surface area contributed by atoms with E-state index in [1.54, 1.807) is 11.3 Å². The van der Waals surface area contributed by atoms with E-state index < -0.39 is 0 Å². The van der Waals surface area contributed by atoms with E-state index in [0.717, 1.165) is 4.88 Å². The minimum atomic E-state index is -0.111. The Hall–Kier alpha value is -0.850. The van der Waals surface area contributed by atoms with Crippen molar-refractivity contribution in [3.63, 3.8) is 0 Å². The topological polar surface area (TPSA) is 49.8 Å². The molecular weight excluding hydrogens is 144 g/mol. The number of hydrogen-bond acceptors (Lipinski definition) is 3. The summed E-state index contributed by atoms with van der Waals surface area (Å²) in [6.07, 6.45) is 0. The lowest BCUT2D eigenvalue weighted by Crippen LogP contribution is -2.08. The fourth-order valence-electron chi connectivity index (χ4n) is 0.722. The van der Waals surface area contributed by atoms with Crippen LogP contribution in [0, 0.1) is 11.3 Å². The molecule has 0 aliphatic heterocycles. The lowest BCUT2D eigenvalue weighted by Gasteiger charge is -1.99. The molecule has 0 saturated heterocycles. The standard InChI is InChI=1S/C7H8N2S/c8-4-6(5-9)7-2-1-3-10-7/h1-3,6H,4,8H2. The highest BCUT2D eigenvalue weighted by Gasteiger charge is 2.07. The van der Waals surface area contributed by atoms with E-state index in [1.165, 1.54) is 0 Å². The average Bonchev–Trinajstić information content (AvgIpc) is 2.43. The van der Waals surface area contributed by atoms with Gasteiger partial charge in [-0.3, -0.25) is 0 Å². The molecule has 1 heterocycles. The summed E-state index contributed by atoms with van der Waals surface area (Å²) in [5.41, 5.74) is 5.36. The summed E-state index contributed by atoms with van der Waals surface area (Å²) in [5.74, 6) is -0.111. The fraction of sp³-hybridized carbons (Fsp3) is 0.286. The summed E-state index contributed by atoms with van der Waals surface area (Å²) < 4.78 is 0. The smallest absolute Gasteiger partial charge is 0.0927 e. The SMILES string of the molecule is N#CC(CN)c1cccs1. The van der Waals surface area contributed by atoms with Gasteiger partial charge in [-0.1, -0.05) is 6.07 Å². The molecule has 0 saturated carbocycles. The highest BCUT2D eigenvalue weighted by molar-refractivity contribution is 7.10. The van der Waals surface area contributed by atoms with Crippen molar-refractivity contribution in [1.29, 1.82) is 5.26 Å². The highest BCUT2D eigenvalue weighted by atomic mass is 32.1. The molecule has 1 aromatic heterocycles. The van der Waals surface area contributed by atoms with Gasteiger partial charge in [0.2, 0.25) is 0 Å². The van der Waals surface area contributed by atoms with Gasteiger partial charge in [-0.2, -0.15) is 5.26 Å². The minimum Gasteiger partial charge on any atom is -0.329 e. The van der Waals surface area contributed by atoms with Crippen LogP contribution in [0.25, 0.3) is 0 Å². The Kier molecular flexibility index (Phi) is 2.43.